The molecule has 2 heterocycles. The summed E-state index contributed by atoms with van der Waals surface area (Å²) in [4.78, 5) is 24.9. The monoisotopic (exact) mass is 369 g/mol. The zero-order valence-corrected chi connectivity index (χ0v) is 15.4. The summed E-state index contributed by atoms with van der Waals surface area (Å²) in [6.45, 7) is 3.70. The molecule has 26 heavy (non-hydrogen) atoms. The number of rotatable bonds is 6. The molecule has 0 spiro atoms. The maximum Gasteiger partial charge on any atom is 0.265 e. The van der Waals surface area contributed by atoms with E-state index in [1.54, 1.807) is 30.3 Å². The third-order valence-electron chi connectivity index (χ3n) is 3.93. The molecule has 0 bridgehead atoms. The average Bonchev–Trinajstić information content (AvgIpc) is 3.24. The topological polar surface area (TPSA) is 84.2 Å². The molecule has 0 saturated heterocycles. The average molecular weight is 369 g/mol. The Labute approximate surface area is 155 Å². The Hall–Kier alpha value is -2.93. The second-order valence-corrected chi connectivity index (χ2v) is 6.81. The Kier molecular flexibility index (Phi) is 5.48. The standard InChI is InChI=1S/C19H19N3O3S/c1-12-16(13(2)25-22-12)8-9-18(23)20-14-5-3-6-15(11-14)21-19(24)17-7-4-10-26-17/h3-7,10-11H,8-9H2,1-2H3,(H,20,23)(H,21,24). The van der Waals surface area contributed by atoms with E-state index >= 15 is 0 Å². The van der Waals surface area contributed by atoms with Gasteiger partial charge in [-0.25, -0.2) is 0 Å². The van der Waals surface area contributed by atoms with Gasteiger partial charge in [0.1, 0.15) is 5.76 Å². The fraction of sp³-hybridized carbons (Fsp3) is 0.211. The Morgan fingerprint density at radius 3 is 2.54 bits per heavy atom. The second kappa shape index (κ2) is 7.97. The van der Waals surface area contributed by atoms with Crippen LogP contribution in [0.4, 0.5) is 11.4 Å². The minimum absolute atomic E-state index is 0.105. The van der Waals surface area contributed by atoms with Crippen molar-refractivity contribution in [3.05, 3.63) is 63.7 Å². The van der Waals surface area contributed by atoms with Crippen LogP contribution in [0.15, 0.2) is 46.3 Å². The molecule has 3 aromatic rings. The van der Waals surface area contributed by atoms with E-state index in [2.05, 4.69) is 15.8 Å². The van der Waals surface area contributed by atoms with E-state index in [4.69, 9.17) is 4.52 Å². The van der Waals surface area contributed by atoms with Crippen LogP contribution in [0.1, 0.15) is 33.1 Å². The largest absolute Gasteiger partial charge is 0.361 e. The molecule has 0 aliphatic carbocycles. The summed E-state index contributed by atoms with van der Waals surface area (Å²) in [5.74, 6) is 0.474. The smallest absolute Gasteiger partial charge is 0.265 e. The first-order valence-electron chi connectivity index (χ1n) is 8.19. The first-order chi connectivity index (χ1) is 12.5. The molecule has 3 rings (SSSR count). The predicted octanol–water partition coefficient (Wildman–Crippen LogP) is 4.18. The van der Waals surface area contributed by atoms with Crippen LogP contribution in [0.5, 0.6) is 0 Å². The number of hydrogen-bond donors (Lipinski definition) is 2. The second-order valence-electron chi connectivity index (χ2n) is 5.86. The molecule has 0 radical (unpaired) electrons. The van der Waals surface area contributed by atoms with Gasteiger partial charge < -0.3 is 15.2 Å². The summed E-state index contributed by atoms with van der Waals surface area (Å²) >= 11 is 1.38. The Morgan fingerprint density at radius 2 is 1.88 bits per heavy atom. The van der Waals surface area contributed by atoms with Gasteiger partial charge in [0.25, 0.3) is 5.91 Å². The fourth-order valence-electron chi connectivity index (χ4n) is 2.60. The Balaban J connectivity index is 1.58. The third-order valence-corrected chi connectivity index (χ3v) is 4.80. The quantitative estimate of drug-likeness (QED) is 0.683. The minimum Gasteiger partial charge on any atom is -0.361 e. The maximum atomic E-state index is 12.2. The molecule has 2 N–H and O–H groups in total. The van der Waals surface area contributed by atoms with Crippen molar-refractivity contribution in [1.82, 2.24) is 5.16 Å². The van der Waals surface area contributed by atoms with Crippen molar-refractivity contribution >= 4 is 34.5 Å². The lowest BCUT2D eigenvalue weighted by molar-refractivity contribution is -0.116. The van der Waals surface area contributed by atoms with E-state index < -0.39 is 0 Å². The highest BCUT2D eigenvalue weighted by atomic mass is 32.1. The number of aromatic nitrogens is 1. The van der Waals surface area contributed by atoms with E-state index in [1.807, 2.05) is 25.3 Å². The zero-order chi connectivity index (χ0) is 18.5. The van der Waals surface area contributed by atoms with E-state index in [0.29, 0.717) is 29.1 Å². The highest BCUT2D eigenvalue weighted by Gasteiger charge is 2.12. The molecular formula is C19H19N3O3S. The Morgan fingerprint density at radius 1 is 1.12 bits per heavy atom. The number of nitrogens with one attached hydrogen (secondary N) is 2. The molecule has 0 saturated carbocycles. The molecule has 0 aliphatic heterocycles. The molecule has 0 fully saturated rings. The lowest BCUT2D eigenvalue weighted by Crippen LogP contribution is -2.14. The number of nitrogens with zero attached hydrogens (tertiary/aromatic N) is 1. The number of benzene rings is 1. The van der Waals surface area contributed by atoms with Gasteiger partial charge in [-0.1, -0.05) is 17.3 Å². The molecule has 0 atom stereocenters. The van der Waals surface area contributed by atoms with Crippen molar-refractivity contribution in [3.63, 3.8) is 0 Å². The summed E-state index contributed by atoms with van der Waals surface area (Å²) in [6, 6.07) is 10.7. The molecule has 7 heteroatoms. The third kappa shape index (κ3) is 4.37. The van der Waals surface area contributed by atoms with Crippen molar-refractivity contribution in [2.75, 3.05) is 10.6 Å². The van der Waals surface area contributed by atoms with Crippen LogP contribution >= 0.6 is 11.3 Å². The van der Waals surface area contributed by atoms with Gasteiger partial charge in [-0.15, -0.1) is 11.3 Å². The van der Waals surface area contributed by atoms with Crippen LogP contribution < -0.4 is 10.6 Å². The van der Waals surface area contributed by atoms with Gasteiger partial charge in [0.2, 0.25) is 5.91 Å². The predicted molar refractivity (Wildman–Crippen MR) is 102 cm³/mol. The van der Waals surface area contributed by atoms with Crippen LogP contribution in [-0.2, 0) is 11.2 Å². The number of amides is 2. The lowest BCUT2D eigenvalue weighted by Gasteiger charge is -2.08. The van der Waals surface area contributed by atoms with Gasteiger partial charge >= 0.3 is 0 Å². The summed E-state index contributed by atoms with van der Waals surface area (Å²) in [6.07, 6.45) is 0.899. The molecule has 2 amide bonds. The fourth-order valence-corrected chi connectivity index (χ4v) is 3.21. The number of carbonyl (C=O) groups is 2. The molecule has 1 aromatic carbocycles. The number of thiophene rings is 1. The van der Waals surface area contributed by atoms with E-state index in [1.165, 1.54) is 11.3 Å². The van der Waals surface area contributed by atoms with Gasteiger partial charge in [-0.05, 0) is 49.9 Å². The van der Waals surface area contributed by atoms with Crippen LogP contribution in [0.25, 0.3) is 0 Å². The van der Waals surface area contributed by atoms with Gasteiger partial charge in [0, 0.05) is 23.4 Å². The highest BCUT2D eigenvalue weighted by Crippen LogP contribution is 2.19. The van der Waals surface area contributed by atoms with Gasteiger partial charge in [-0.3, -0.25) is 9.59 Å². The summed E-state index contributed by atoms with van der Waals surface area (Å²) in [5, 5.41) is 11.4. The van der Waals surface area contributed by atoms with Crippen molar-refractivity contribution in [1.29, 1.82) is 0 Å². The molecule has 2 aromatic heterocycles. The minimum atomic E-state index is -0.165. The summed E-state index contributed by atoms with van der Waals surface area (Å²) < 4.78 is 5.11. The molecule has 0 aliphatic rings. The van der Waals surface area contributed by atoms with Crippen molar-refractivity contribution in [3.8, 4) is 0 Å². The highest BCUT2D eigenvalue weighted by molar-refractivity contribution is 7.12. The number of carbonyl (C=O) groups excluding carboxylic acids is 2. The maximum absolute atomic E-state index is 12.2. The van der Waals surface area contributed by atoms with Crippen LogP contribution in [-0.4, -0.2) is 17.0 Å². The van der Waals surface area contributed by atoms with E-state index in [0.717, 1.165) is 17.0 Å². The van der Waals surface area contributed by atoms with Gasteiger partial charge in [-0.2, -0.15) is 0 Å². The van der Waals surface area contributed by atoms with Gasteiger partial charge in [0.15, 0.2) is 0 Å². The van der Waals surface area contributed by atoms with E-state index in [-0.39, 0.29) is 11.8 Å². The van der Waals surface area contributed by atoms with Crippen LogP contribution in [0.2, 0.25) is 0 Å². The molecular weight excluding hydrogens is 350 g/mol. The number of hydrogen-bond acceptors (Lipinski definition) is 5. The molecule has 6 nitrogen and oxygen atoms in total. The summed E-state index contributed by atoms with van der Waals surface area (Å²) in [5.41, 5.74) is 3.05. The first-order valence-corrected chi connectivity index (χ1v) is 9.07. The van der Waals surface area contributed by atoms with E-state index in [9.17, 15) is 9.59 Å². The van der Waals surface area contributed by atoms with Gasteiger partial charge in [0.05, 0.1) is 10.6 Å². The SMILES string of the molecule is Cc1noc(C)c1CCC(=O)Nc1cccc(NC(=O)c2cccs2)c1. The number of aryl methyl sites for hydroxylation is 2. The van der Waals surface area contributed by atoms with Crippen molar-refractivity contribution in [2.24, 2.45) is 0 Å². The number of anilines is 2. The first kappa shape index (κ1) is 17.9. The van der Waals surface area contributed by atoms with Crippen molar-refractivity contribution < 1.29 is 14.1 Å². The van der Waals surface area contributed by atoms with Crippen molar-refractivity contribution in [2.45, 2.75) is 26.7 Å². The van der Waals surface area contributed by atoms with Crippen LogP contribution in [0.3, 0.4) is 0 Å². The van der Waals surface area contributed by atoms with Crippen LogP contribution in [0, 0.1) is 13.8 Å². The zero-order valence-electron chi connectivity index (χ0n) is 14.5. The summed E-state index contributed by atoms with van der Waals surface area (Å²) in [7, 11) is 0. The molecule has 134 valence electrons. The normalized spacial score (nSPS) is 10.5. The lowest BCUT2D eigenvalue weighted by atomic mass is 10.1. The molecule has 0 unspecified atom stereocenters. The Bertz CT molecular complexity index is 897.